The van der Waals surface area contributed by atoms with Crippen molar-refractivity contribution in [3.63, 3.8) is 0 Å². The van der Waals surface area contributed by atoms with E-state index >= 15 is 0 Å². The molecule has 1 aromatic carbocycles. The highest BCUT2D eigenvalue weighted by Gasteiger charge is 2.18. The van der Waals surface area contributed by atoms with E-state index in [9.17, 15) is 4.79 Å². The smallest absolute Gasteiger partial charge is 0.227 e. The molecule has 3 nitrogen and oxygen atoms in total. The molecule has 1 aliphatic rings. The van der Waals surface area contributed by atoms with Gasteiger partial charge in [0.15, 0.2) is 0 Å². The van der Waals surface area contributed by atoms with E-state index in [1.807, 2.05) is 30.0 Å². The molecule has 19 heavy (non-hydrogen) atoms. The molecule has 1 amide bonds. The standard InChI is InChI=1S/C16H22N2O/c1-3-5-14-6-4-7-15(12-14)13-16(19)18-10-8-17(2)9-11-18/h3-7,12H,8-11,13H2,1-2H3/b5-3+. The van der Waals surface area contributed by atoms with E-state index in [-0.39, 0.29) is 5.91 Å². The predicted molar refractivity (Wildman–Crippen MR) is 78.9 cm³/mol. The maximum Gasteiger partial charge on any atom is 0.227 e. The van der Waals surface area contributed by atoms with Crippen LogP contribution in [0.3, 0.4) is 0 Å². The topological polar surface area (TPSA) is 23.6 Å². The van der Waals surface area contributed by atoms with E-state index in [1.54, 1.807) is 0 Å². The Morgan fingerprint density at radius 2 is 2.00 bits per heavy atom. The highest BCUT2D eigenvalue weighted by atomic mass is 16.2. The number of piperazine rings is 1. The Balaban J connectivity index is 1.96. The number of carbonyl (C=O) groups is 1. The van der Waals surface area contributed by atoms with E-state index in [4.69, 9.17) is 0 Å². The van der Waals surface area contributed by atoms with Crippen molar-refractivity contribution in [3.05, 3.63) is 41.5 Å². The Morgan fingerprint density at radius 3 is 2.68 bits per heavy atom. The molecule has 0 radical (unpaired) electrons. The van der Waals surface area contributed by atoms with Crippen LogP contribution in [0.25, 0.3) is 6.08 Å². The second-order valence-corrected chi connectivity index (χ2v) is 5.11. The number of benzene rings is 1. The molecule has 1 heterocycles. The Kier molecular flexibility index (Phi) is 4.74. The van der Waals surface area contributed by atoms with Gasteiger partial charge in [-0.1, -0.05) is 36.4 Å². The van der Waals surface area contributed by atoms with Crippen molar-refractivity contribution in [2.45, 2.75) is 13.3 Å². The summed E-state index contributed by atoms with van der Waals surface area (Å²) in [5.41, 5.74) is 2.26. The molecule has 0 unspecified atom stereocenters. The summed E-state index contributed by atoms with van der Waals surface area (Å²) in [7, 11) is 2.10. The Morgan fingerprint density at radius 1 is 1.26 bits per heavy atom. The molecule has 2 rings (SSSR count). The van der Waals surface area contributed by atoms with Gasteiger partial charge in [0.05, 0.1) is 6.42 Å². The third-order valence-corrected chi connectivity index (χ3v) is 3.52. The van der Waals surface area contributed by atoms with Crippen molar-refractivity contribution in [1.29, 1.82) is 0 Å². The Labute approximate surface area is 115 Å². The van der Waals surface area contributed by atoms with Crippen molar-refractivity contribution in [2.24, 2.45) is 0 Å². The first-order valence-corrected chi connectivity index (χ1v) is 6.87. The number of nitrogens with zero attached hydrogens (tertiary/aromatic N) is 2. The molecule has 3 heteroatoms. The summed E-state index contributed by atoms with van der Waals surface area (Å²) in [6, 6.07) is 8.20. The number of carbonyl (C=O) groups excluding carboxylic acids is 1. The van der Waals surface area contributed by atoms with Crippen LogP contribution < -0.4 is 0 Å². The molecule has 1 aromatic rings. The van der Waals surface area contributed by atoms with Gasteiger partial charge in [-0.2, -0.15) is 0 Å². The summed E-state index contributed by atoms with van der Waals surface area (Å²) in [6.45, 7) is 5.66. The first-order chi connectivity index (χ1) is 9.19. The molecular weight excluding hydrogens is 236 g/mol. The third kappa shape index (κ3) is 3.93. The zero-order valence-electron chi connectivity index (χ0n) is 11.8. The second-order valence-electron chi connectivity index (χ2n) is 5.11. The van der Waals surface area contributed by atoms with Crippen molar-refractivity contribution < 1.29 is 4.79 Å². The number of amides is 1. The first kappa shape index (κ1) is 13.8. The summed E-state index contributed by atoms with van der Waals surface area (Å²) in [4.78, 5) is 16.5. The fourth-order valence-corrected chi connectivity index (χ4v) is 2.34. The van der Waals surface area contributed by atoms with E-state index in [0.717, 1.165) is 37.3 Å². The molecular formula is C16H22N2O. The van der Waals surface area contributed by atoms with Crippen molar-refractivity contribution in [1.82, 2.24) is 9.80 Å². The summed E-state index contributed by atoms with van der Waals surface area (Å²) in [5.74, 6) is 0.241. The molecule has 1 saturated heterocycles. The van der Waals surface area contributed by atoms with Crippen LogP contribution in [0.5, 0.6) is 0 Å². The second kappa shape index (κ2) is 6.53. The van der Waals surface area contributed by atoms with Gasteiger partial charge in [-0.25, -0.2) is 0 Å². The average molecular weight is 258 g/mol. The number of hydrogen-bond donors (Lipinski definition) is 0. The van der Waals surface area contributed by atoms with E-state index in [2.05, 4.69) is 30.2 Å². The molecule has 0 atom stereocenters. The third-order valence-electron chi connectivity index (χ3n) is 3.52. The van der Waals surface area contributed by atoms with Gasteiger partial charge in [-0.15, -0.1) is 0 Å². The van der Waals surface area contributed by atoms with Crippen molar-refractivity contribution in [3.8, 4) is 0 Å². The molecule has 0 bridgehead atoms. The highest BCUT2D eigenvalue weighted by Crippen LogP contribution is 2.10. The van der Waals surface area contributed by atoms with Crippen molar-refractivity contribution >= 4 is 12.0 Å². The molecule has 0 saturated carbocycles. The van der Waals surface area contributed by atoms with E-state index < -0.39 is 0 Å². The number of hydrogen-bond acceptors (Lipinski definition) is 2. The van der Waals surface area contributed by atoms with Crippen LogP contribution in [0, 0.1) is 0 Å². The molecule has 1 fully saturated rings. The van der Waals surface area contributed by atoms with Crippen LogP contribution in [0.15, 0.2) is 30.3 Å². The highest BCUT2D eigenvalue weighted by molar-refractivity contribution is 5.79. The molecule has 0 aliphatic carbocycles. The van der Waals surface area contributed by atoms with Gasteiger partial charge < -0.3 is 9.80 Å². The average Bonchev–Trinajstić information content (AvgIpc) is 2.40. The maximum atomic E-state index is 12.2. The fourth-order valence-electron chi connectivity index (χ4n) is 2.34. The van der Waals surface area contributed by atoms with Crippen molar-refractivity contribution in [2.75, 3.05) is 33.2 Å². The van der Waals surface area contributed by atoms with Gasteiger partial charge in [0, 0.05) is 26.2 Å². The van der Waals surface area contributed by atoms with Crippen LogP contribution in [-0.4, -0.2) is 48.9 Å². The van der Waals surface area contributed by atoms with Gasteiger partial charge in [0.25, 0.3) is 0 Å². The zero-order valence-corrected chi connectivity index (χ0v) is 11.8. The zero-order chi connectivity index (χ0) is 13.7. The normalized spacial score (nSPS) is 17.1. The van der Waals surface area contributed by atoms with Gasteiger partial charge in [-0.3, -0.25) is 4.79 Å². The fraction of sp³-hybridized carbons (Fsp3) is 0.438. The molecule has 1 aliphatic heterocycles. The van der Waals surface area contributed by atoms with Gasteiger partial charge >= 0.3 is 0 Å². The van der Waals surface area contributed by atoms with Gasteiger partial charge in [0.2, 0.25) is 5.91 Å². The predicted octanol–water partition coefficient (Wildman–Crippen LogP) is 2.04. The van der Waals surface area contributed by atoms with Gasteiger partial charge in [0.1, 0.15) is 0 Å². The maximum absolute atomic E-state index is 12.2. The SMILES string of the molecule is C/C=C/c1cccc(CC(=O)N2CCN(C)CC2)c1. The molecule has 0 aromatic heterocycles. The Hall–Kier alpha value is -1.61. The van der Waals surface area contributed by atoms with Gasteiger partial charge in [-0.05, 0) is 25.1 Å². The number of allylic oxidation sites excluding steroid dienone is 1. The summed E-state index contributed by atoms with van der Waals surface area (Å²) in [5, 5.41) is 0. The molecule has 0 spiro atoms. The number of rotatable bonds is 3. The monoisotopic (exact) mass is 258 g/mol. The largest absolute Gasteiger partial charge is 0.340 e. The van der Waals surface area contributed by atoms with Crippen LogP contribution >= 0.6 is 0 Å². The van der Waals surface area contributed by atoms with E-state index in [1.165, 1.54) is 0 Å². The first-order valence-electron chi connectivity index (χ1n) is 6.87. The van der Waals surface area contributed by atoms with E-state index in [0.29, 0.717) is 6.42 Å². The Bertz CT molecular complexity index is 460. The molecule has 102 valence electrons. The summed E-state index contributed by atoms with van der Waals surface area (Å²) in [6.07, 6.45) is 4.58. The quantitative estimate of drug-likeness (QED) is 0.828. The lowest BCUT2D eigenvalue weighted by atomic mass is 10.1. The van der Waals surface area contributed by atoms with Crippen LogP contribution in [-0.2, 0) is 11.2 Å². The lowest BCUT2D eigenvalue weighted by Gasteiger charge is -2.32. The lowest BCUT2D eigenvalue weighted by Crippen LogP contribution is -2.47. The molecule has 0 N–H and O–H groups in total. The minimum Gasteiger partial charge on any atom is -0.340 e. The minimum atomic E-state index is 0.241. The summed E-state index contributed by atoms with van der Waals surface area (Å²) < 4.78 is 0. The van der Waals surface area contributed by atoms with Crippen LogP contribution in [0.4, 0.5) is 0 Å². The van der Waals surface area contributed by atoms with Crippen LogP contribution in [0.2, 0.25) is 0 Å². The number of likely N-dealkylation sites (N-methyl/N-ethyl adjacent to an activating group) is 1. The summed E-state index contributed by atoms with van der Waals surface area (Å²) >= 11 is 0. The lowest BCUT2D eigenvalue weighted by molar-refractivity contribution is -0.132. The van der Waals surface area contributed by atoms with Crippen LogP contribution in [0.1, 0.15) is 18.1 Å². The minimum absolute atomic E-state index is 0.241.